The number of halogens is 1. The lowest BCUT2D eigenvalue weighted by molar-refractivity contribution is 0.189. The largest absolute Gasteiger partial charge is 0.496 e. The second-order valence-corrected chi connectivity index (χ2v) is 6.20. The Hall–Kier alpha value is -2.28. The molecule has 0 spiro atoms. The average molecular weight is 350 g/mol. The maximum atomic E-state index is 12.6. The quantitative estimate of drug-likeness (QED) is 0.920. The van der Waals surface area contributed by atoms with Gasteiger partial charge < -0.3 is 19.5 Å². The molecular formula is C16H20ClN5O2. The predicted octanol–water partition coefficient (Wildman–Crippen LogP) is 2.52. The number of amides is 2. The summed E-state index contributed by atoms with van der Waals surface area (Å²) in [4.78, 5) is 14.4. The van der Waals surface area contributed by atoms with Crippen molar-refractivity contribution in [2.75, 3.05) is 13.7 Å². The number of urea groups is 1. The van der Waals surface area contributed by atoms with Crippen molar-refractivity contribution in [1.82, 2.24) is 25.0 Å². The van der Waals surface area contributed by atoms with Crippen LogP contribution in [-0.2, 0) is 13.6 Å². The number of hydrogen-bond donors (Lipinski definition) is 1. The van der Waals surface area contributed by atoms with Crippen LogP contribution in [0.15, 0.2) is 24.5 Å². The van der Waals surface area contributed by atoms with Crippen molar-refractivity contribution in [1.29, 1.82) is 0 Å². The summed E-state index contributed by atoms with van der Waals surface area (Å²) < 4.78 is 7.17. The van der Waals surface area contributed by atoms with Gasteiger partial charge >= 0.3 is 6.03 Å². The Balaban J connectivity index is 1.69. The topological polar surface area (TPSA) is 72.3 Å². The van der Waals surface area contributed by atoms with Crippen LogP contribution in [0.2, 0.25) is 5.02 Å². The van der Waals surface area contributed by atoms with Crippen LogP contribution in [0.4, 0.5) is 4.79 Å². The molecule has 2 amide bonds. The number of benzene rings is 1. The Labute approximate surface area is 145 Å². The lowest BCUT2D eigenvalue weighted by Gasteiger charge is -2.24. The van der Waals surface area contributed by atoms with Crippen molar-refractivity contribution in [3.8, 4) is 5.75 Å². The van der Waals surface area contributed by atoms with Crippen molar-refractivity contribution in [3.63, 3.8) is 0 Å². The molecule has 0 radical (unpaired) electrons. The van der Waals surface area contributed by atoms with E-state index < -0.39 is 0 Å². The first-order chi connectivity index (χ1) is 11.6. The molecule has 1 fully saturated rings. The molecule has 8 heteroatoms. The number of aromatic nitrogens is 3. The van der Waals surface area contributed by atoms with E-state index >= 15 is 0 Å². The number of ether oxygens (including phenoxy) is 1. The lowest BCUT2D eigenvalue weighted by atomic mass is 10.2. The van der Waals surface area contributed by atoms with Gasteiger partial charge in [-0.1, -0.05) is 11.6 Å². The first kappa shape index (κ1) is 16.6. The normalized spacial score (nSPS) is 17.1. The monoisotopic (exact) mass is 349 g/mol. The average Bonchev–Trinajstić information content (AvgIpc) is 3.21. The molecule has 2 aromatic rings. The first-order valence-corrected chi connectivity index (χ1v) is 8.18. The lowest BCUT2D eigenvalue weighted by Crippen LogP contribution is -2.39. The Morgan fingerprint density at radius 1 is 1.50 bits per heavy atom. The fraction of sp³-hybridized carbons (Fsp3) is 0.438. The molecule has 0 aliphatic carbocycles. The summed E-state index contributed by atoms with van der Waals surface area (Å²) in [5.74, 6) is 1.51. The molecular weight excluding hydrogens is 330 g/mol. The van der Waals surface area contributed by atoms with Gasteiger partial charge in [-0.25, -0.2) is 4.79 Å². The van der Waals surface area contributed by atoms with Gasteiger partial charge in [0.25, 0.3) is 0 Å². The maximum absolute atomic E-state index is 12.6. The minimum Gasteiger partial charge on any atom is -0.496 e. The zero-order valence-corrected chi connectivity index (χ0v) is 14.5. The number of likely N-dealkylation sites (tertiary alicyclic amines) is 1. The third-order valence-electron chi connectivity index (χ3n) is 4.23. The second kappa shape index (κ2) is 7.09. The molecule has 1 aliphatic heterocycles. The molecule has 1 aliphatic rings. The highest BCUT2D eigenvalue weighted by Gasteiger charge is 2.32. The molecule has 3 rings (SSSR count). The Bertz CT molecular complexity index is 733. The molecule has 0 unspecified atom stereocenters. The molecule has 7 nitrogen and oxygen atoms in total. The van der Waals surface area contributed by atoms with Crippen LogP contribution in [0.3, 0.4) is 0 Å². The summed E-state index contributed by atoms with van der Waals surface area (Å²) in [5, 5.41) is 11.6. The standard InChI is InChI=1S/C16H20ClN5O2/c1-21-10-19-20-15(21)13-4-3-7-22(13)16(23)18-9-11-8-12(17)5-6-14(11)24-2/h5-6,8,10,13H,3-4,7,9H2,1-2H3,(H,18,23)/t13-/m1/s1. The van der Waals surface area contributed by atoms with Crippen molar-refractivity contribution < 1.29 is 9.53 Å². The van der Waals surface area contributed by atoms with E-state index in [4.69, 9.17) is 16.3 Å². The number of nitrogens with one attached hydrogen (secondary N) is 1. The van der Waals surface area contributed by atoms with E-state index in [1.807, 2.05) is 11.6 Å². The van der Waals surface area contributed by atoms with E-state index in [2.05, 4.69) is 15.5 Å². The SMILES string of the molecule is COc1ccc(Cl)cc1CNC(=O)N1CCC[C@@H]1c1nncn1C. The molecule has 1 aromatic carbocycles. The molecule has 2 heterocycles. The number of nitrogens with zero attached hydrogens (tertiary/aromatic N) is 4. The van der Waals surface area contributed by atoms with E-state index in [0.29, 0.717) is 23.9 Å². The van der Waals surface area contributed by atoms with E-state index in [1.165, 1.54) is 0 Å². The highest BCUT2D eigenvalue weighted by molar-refractivity contribution is 6.30. The highest BCUT2D eigenvalue weighted by atomic mass is 35.5. The van der Waals surface area contributed by atoms with Crippen LogP contribution in [0.1, 0.15) is 30.3 Å². The van der Waals surface area contributed by atoms with Gasteiger partial charge in [0.2, 0.25) is 0 Å². The number of aryl methyl sites for hydroxylation is 1. The van der Waals surface area contributed by atoms with Crippen LogP contribution in [0, 0.1) is 0 Å². The van der Waals surface area contributed by atoms with Crippen molar-refractivity contribution in [2.24, 2.45) is 7.05 Å². The number of carbonyl (C=O) groups excluding carboxylic acids is 1. The minimum atomic E-state index is -0.123. The summed E-state index contributed by atoms with van der Waals surface area (Å²) in [6.45, 7) is 1.06. The molecule has 1 saturated heterocycles. The molecule has 1 N–H and O–H groups in total. The van der Waals surface area contributed by atoms with Gasteiger partial charge in [0.05, 0.1) is 13.2 Å². The molecule has 0 saturated carbocycles. The van der Waals surface area contributed by atoms with Gasteiger partial charge in [-0.05, 0) is 31.0 Å². The van der Waals surface area contributed by atoms with Crippen LogP contribution in [-0.4, -0.2) is 39.4 Å². The number of rotatable bonds is 4. The van der Waals surface area contributed by atoms with Gasteiger partial charge in [0, 0.05) is 30.7 Å². The smallest absolute Gasteiger partial charge is 0.318 e. The van der Waals surface area contributed by atoms with Crippen molar-refractivity contribution in [2.45, 2.75) is 25.4 Å². The van der Waals surface area contributed by atoms with Gasteiger partial charge in [-0.3, -0.25) is 0 Å². The summed E-state index contributed by atoms with van der Waals surface area (Å²) in [5.41, 5.74) is 0.841. The third kappa shape index (κ3) is 3.31. The van der Waals surface area contributed by atoms with Gasteiger partial charge in [-0.15, -0.1) is 10.2 Å². The number of carbonyl (C=O) groups is 1. The summed E-state index contributed by atoms with van der Waals surface area (Å²) in [7, 11) is 3.49. The van der Waals surface area contributed by atoms with E-state index in [1.54, 1.807) is 36.5 Å². The van der Waals surface area contributed by atoms with Gasteiger partial charge in [0.15, 0.2) is 5.82 Å². The maximum Gasteiger partial charge on any atom is 0.318 e. The summed E-state index contributed by atoms with van der Waals surface area (Å²) in [6.07, 6.45) is 3.49. The number of hydrogen-bond acceptors (Lipinski definition) is 4. The third-order valence-corrected chi connectivity index (χ3v) is 4.47. The molecule has 1 aromatic heterocycles. The Morgan fingerprint density at radius 3 is 3.04 bits per heavy atom. The van der Waals surface area contributed by atoms with Crippen molar-refractivity contribution >= 4 is 17.6 Å². The fourth-order valence-electron chi connectivity index (χ4n) is 3.03. The highest BCUT2D eigenvalue weighted by Crippen LogP contribution is 2.30. The summed E-state index contributed by atoms with van der Waals surface area (Å²) >= 11 is 6.03. The van der Waals surface area contributed by atoms with E-state index in [9.17, 15) is 4.79 Å². The zero-order valence-electron chi connectivity index (χ0n) is 13.7. The molecule has 1 atom stereocenters. The Morgan fingerprint density at radius 2 is 2.33 bits per heavy atom. The first-order valence-electron chi connectivity index (χ1n) is 7.81. The molecule has 0 bridgehead atoms. The number of methoxy groups -OCH3 is 1. The molecule has 128 valence electrons. The van der Waals surface area contributed by atoms with Crippen LogP contribution in [0.25, 0.3) is 0 Å². The second-order valence-electron chi connectivity index (χ2n) is 5.77. The van der Waals surface area contributed by atoms with Crippen LogP contribution >= 0.6 is 11.6 Å². The van der Waals surface area contributed by atoms with Gasteiger partial charge in [0.1, 0.15) is 12.1 Å². The van der Waals surface area contributed by atoms with Crippen LogP contribution < -0.4 is 10.1 Å². The zero-order chi connectivity index (χ0) is 17.1. The summed E-state index contributed by atoms with van der Waals surface area (Å²) in [6, 6.07) is 5.18. The predicted molar refractivity (Wildman–Crippen MR) is 89.9 cm³/mol. The fourth-order valence-corrected chi connectivity index (χ4v) is 3.22. The van der Waals surface area contributed by atoms with Crippen LogP contribution in [0.5, 0.6) is 5.75 Å². The van der Waals surface area contributed by atoms with Crippen molar-refractivity contribution in [3.05, 3.63) is 40.9 Å². The van der Waals surface area contributed by atoms with E-state index in [0.717, 1.165) is 24.2 Å². The minimum absolute atomic E-state index is 0.0428. The van der Waals surface area contributed by atoms with Gasteiger partial charge in [-0.2, -0.15) is 0 Å². The Kier molecular flexibility index (Phi) is 4.89. The van der Waals surface area contributed by atoms with E-state index in [-0.39, 0.29) is 12.1 Å². The molecule has 24 heavy (non-hydrogen) atoms.